The molecular weight excluding hydrogens is 427 g/mol. The number of hydrogen-bond donors (Lipinski definition) is 2. The third kappa shape index (κ3) is 5.73. The molecule has 3 rings (SSSR count). The van der Waals surface area contributed by atoms with E-state index in [4.69, 9.17) is 4.42 Å². The molecule has 0 bridgehead atoms. The lowest BCUT2D eigenvalue weighted by Crippen LogP contribution is -2.44. The Hall–Kier alpha value is -1.57. The molecule has 0 radical (unpaired) electrons. The van der Waals surface area contributed by atoms with E-state index in [9.17, 15) is 0 Å². The first kappa shape index (κ1) is 19.8. The number of nitrogens with one attached hydrogen (secondary N) is 2. The zero-order valence-electron chi connectivity index (χ0n) is 14.9. The molecule has 5 nitrogen and oxygen atoms in total. The summed E-state index contributed by atoms with van der Waals surface area (Å²) in [6.07, 6.45) is 6.70. The van der Waals surface area contributed by atoms with Gasteiger partial charge in [0, 0.05) is 18.7 Å². The molecule has 0 unspecified atom stereocenters. The maximum absolute atomic E-state index is 5.57. The average molecular weight is 454 g/mol. The molecule has 1 saturated carbocycles. The van der Waals surface area contributed by atoms with Crippen molar-refractivity contribution in [3.8, 4) is 11.5 Å². The predicted octanol–water partition coefficient (Wildman–Crippen LogP) is 4.20. The first-order chi connectivity index (χ1) is 11.7. The number of benzene rings is 1. The van der Waals surface area contributed by atoms with Crippen molar-refractivity contribution in [2.24, 2.45) is 10.9 Å². The SMILES string of the molecule is CN=C(NCc1coc(-c2ccccc2)n1)NC1CCC(C)CC1.I. The van der Waals surface area contributed by atoms with Gasteiger partial charge in [0.15, 0.2) is 5.96 Å². The van der Waals surface area contributed by atoms with Gasteiger partial charge < -0.3 is 15.1 Å². The molecule has 2 aromatic rings. The van der Waals surface area contributed by atoms with E-state index < -0.39 is 0 Å². The summed E-state index contributed by atoms with van der Waals surface area (Å²) in [5.74, 6) is 2.33. The van der Waals surface area contributed by atoms with Crippen LogP contribution in [0, 0.1) is 5.92 Å². The van der Waals surface area contributed by atoms with Gasteiger partial charge in [0.2, 0.25) is 5.89 Å². The van der Waals surface area contributed by atoms with Crippen LogP contribution in [-0.4, -0.2) is 24.0 Å². The van der Waals surface area contributed by atoms with Crippen molar-refractivity contribution in [2.75, 3.05) is 7.05 Å². The van der Waals surface area contributed by atoms with E-state index >= 15 is 0 Å². The molecule has 1 aromatic heterocycles. The van der Waals surface area contributed by atoms with E-state index in [1.807, 2.05) is 30.3 Å². The van der Waals surface area contributed by atoms with E-state index in [1.54, 1.807) is 13.3 Å². The van der Waals surface area contributed by atoms with Gasteiger partial charge in [-0.2, -0.15) is 0 Å². The highest BCUT2D eigenvalue weighted by Gasteiger charge is 2.19. The van der Waals surface area contributed by atoms with Crippen LogP contribution in [0.5, 0.6) is 0 Å². The zero-order valence-corrected chi connectivity index (χ0v) is 17.2. The second-order valence-electron chi connectivity index (χ2n) is 6.54. The minimum atomic E-state index is 0. The van der Waals surface area contributed by atoms with Crippen LogP contribution in [-0.2, 0) is 6.54 Å². The van der Waals surface area contributed by atoms with E-state index in [1.165, 1.54) is 25.7 Å². The molecule has 1 heterocycles. The summed E-state index contributed by atoms with van der Waals surface area (Å²) in [4.78, 5) is 8.85. The molecule has 0 amide bonds. The lowest BCUT2D eigenvalue weighted by atomic mass is 9.87. The van der Waals surface area contributed by atoms with Crippen molar-refractivity contribution in [2.45, 2.75) is 45.2 Å². The van der Waals surface area contributed by atoms with Crippen molar-refractivity contribution >= 4 is 29.9 Å². The van der Waals surface area contributed by atoms with E-state index in [0.29, 0.717) is 18.5 Å². The van der Waals surface area contributed by atoms with Crippen molar-refractivity contribution in [3.05, 3.63) is 42.3 Å². The van der Waals surface area contributed by atoms with Crippen LogP contribution in [0.1, 0.15) is 38.3 Å². The van der Waals surface area contributed by atoms with Crippen molar-refractivity contribution in [1.29, 1.82) is 0 Å². The van der Waals surface area contributed by atoms with Crippen LogP contribution in [0.2, 0.25) is 0 Å². The molecule has 6 heteroatoms. The third-order valence-electron chi connectivity index (χ3n) is 4.59. The first-order valence-corrected chi connectivity index (χ1v) is 8.71. The van der Waals surface area contributed by atoms with Gasteiger partial charge in [-0.05, 0) is 43.7 Å². The Balaban J connectivity index is 0.00000225. The van der Waals surface area contributed by atoms with Crippen molar-refractivity contribution < 1.29 is 4.42 Å². The first-order valence-electron chi connectivity index (χ1n) is 8.71. The Morgan fingerprint density at radius 1 is 1.20 bits per heavy atom. The number of hydrogen-bond acceptors (Lipinski definition) is 3. The van der Waals surface area contributed by atoms with Crippen LogP contribution in [0.15, 0.2) is 46.0 Å². The Labute approximate surface area is 166 Å². The highest BCUT2D eigenvalue weighted by Crippen LogP contribution is 2.23. The normalized spacial score (nSPS) is 20.6. The number of halogens is 1. The van der Waals surface area contributed by atoms with Gasteiger partial charge in [0.1, 0.15) is 6.26 Å². The lowest BCUT2D eigenvalue weighted by Gasteiger charge is -2.28. The maximum Gasteiger partial charge on any atom is 0.226 e. The molecule has 136 valence electrons. The molecular formula is C19H27IN4O. The van der Waals surface area contributed by atoms with E-state index in [2.05, 4.69) is 27.5 Å². The number of oxazole rings is 1. The number of aromatic nitrogens is 1. The minimum Gasteiger partial charge on any atom is -0.444 e. The Kier molecular flexibility index (Phi) is 7.74. The molecule has 0 saturated heterocycles. The third-order valence-corrected chi connectivity index (χ3v) is 4.59. The van der Waals surface area contributed by atoms with Crippen LogP contribution in [0.25, 0.3) is 11.5 Å². The average Bonchev–Trinajstić information content (AvgIpc) is 3.10. The topological polar surface area (TPSA) is 62.5 Å². The lowest BCUT2D eigenvalue weighted by molar-refractivity contribution is 0.329. The van der Waals surface area contributed by atoms with Gasteiger partial charge >= 0.3 is 0 Å². The van der Waals surface area contributed by atoms with Crippen LogP contribution < -0.4 is 10.6 Å². The maximum atomic E-state index is 5.57. The number of aliphatic imine (C=N–C) groups is 1. The summed E-state index contributed by atoms with van der Waals surface area (Å²) >= 11 is 0. The van der Waals surface area contributed by atoms with Gasteiger partial charge in [0.05, 0.1) is 12.2 Å². The van der Waals surface area contributed by atoms with E-state index in [-0.39, 0.29) is 24.0 Å². The molecule has 2 N–H and O–H groups in total. The van der Waals surface area contributed by atoms with Crippen LogP contribution in [0.3, 0.4) is 0 Å². The second-order valence-corrected chi connectivity index (χ2v) is 6.54. The molecule has 25 heavy (non-hydrogen) atoms. The summed E-state index contributed by atoms with van der Waals surface area (Å²) in [7, 11) is 1.80. The summed E-state index contributed by atoms with van der Waals surface area (Å²) < 4.78 is 5.57. The molecule has 1 aliphatic rings. The fraction of sp³-hybridized carbons (Fsp3) is 0.474. The highest BCUT2D eigenvalue weighted by atomic mass is 127. The fourth-order valence-corrected chi connectivity index (χ4v) is 3.07. The van der Waals surface area contributed by atoms with Crippen LogP contribution in [0.4, 0.5) is 0 Å². The largest absolute Gasteiger partial charge is 0.444 e. The molecule has 0 aliphatic heterocycles. The molecule has 1 aromatic carbocycles. The minimum absolute atomic E-state index is 0. The Morgan fingerprint density at radius 3 is 2.60 bits per heavy atom. The number of nitrogens with zero attached hydrogens (tertiary/aromatic N) is 2. The smallest absolute Gasteiger partial charge is 0.226 e. The molecule has 1 fully saturated rings. The van der Waals surface area contributed by atoms with Crippen molar-refractivity contribution in [1.82, 2.24) is 15.6 Å². The molecule has 0 spiro atoms. The highest BCUT2D eigenvalue weighted by molar-refractivity contribution is 14.0. The second kappa shape index (κ2) is 9.79. The Morgan fingerprint density at radius 2 is 1.92 bits per heavy atom. The monoisotopic (exact) mass is 454 g/mol. The fourth-order valence-electron chi connectivity index (χ4n) is 3.07. The van der Waals surface area contributed by atoms with Gasteiger partial charge in [0.25, 0.3) is 0 Å². The summed E-state index contributed by atoms with van der Waals surface area (Å²) in [5.41, 5.74) is 1.86. The quantitative estimate of drug-likeness (QED) is 0.413. The zero-order chi connectivity index (χ0) is 16.8. The van der Waals surface area contributed by atoms with Crippen molar-refractivity contribution in [3.63, 3.8) is 0 Å². The number of guanidine groups is 1. The predicted molar refractivity (Wildman–Crippen MR) is 112 cm³/mol. The van der Waals surface area contributed by atoms with E-state index in [0.717, 1.165) is 23.1 Å². The number of rotatable bonds is 4. The summed E-state index contributed by atoms with van der Waals surface area (Å²) in [6.45, 7) is 2.93. The van der Waals surface area contributed by atoms with Gasteiger partial charge in [-0.15, -0.1) is 24.0 Å². The summed E-state index contributed by atoms with van der Waals surface area (Å²) in [6, 6.07) is 10.4. The van der Waals surface area contributed by atoms with Gasteiger partial charge in [-0.1, -0.05) is 25.1 Å². The van der Waals surface area contributed by atoms with Gasteiger partial charge in [-0.25, -0.2) is 4.98 Å². The summed E-state index contributed by atoms with van der Waals surface area (Å²) in [5, 5.41) is 6.84. The molecule has 0 atom stereocenters. The van der Waals surface area contributed by atoms with Crippen LogP contribution >= 0.6 is 24.0 Å². The molecule has 1 aliphatic carbocycles. The van der Waals surface area contributed by atoms with Gasteiger partial charge in [-0.3, -0.25) is 4.99 Å². The Bertz CT molecular complexity index is 663. The standard InChI is InChI=1S/C19H26N4O.HI/c1-14-8-10-16(11-9-14)23-19(20-2)21-12-17-13-24-18(22-17)15-6-4-3-5-7-15;/h3-7,13-14,16H,8-12H2,1-2H3,(H2,20,21,23);1H.